The fraction of sp³-hybridized carbons (Fsp3) is 0.143. The molecule has 106 valence electrons. The minimum Gasteiger partial charge on any atom is -0.350 e. The van der Waals surface area contributed by atoms with Crippen molar-refractivity contribution in [3.8, 4) is 5.69 Å². The van der Waals surface area contributed by atoms with Gasteiger partial charge in [0, 0.05) is 6.20 Å². The van der Waals surface area contributed by atoms with E-state index in [1.54, 1.807) is 34.6 Å². The van der Waals surface area contributed by atoms with E-state index in [4.69, 9.17) is 0 Å². The predicted molar refractivity (Wildman–Crippen MR) is 79.0 cm³/mol. The average molecular weight is 299 g/mol. The van der Waals surface area contributed by atoms with Crippen LogP contribution in [0.1, 0.15) is 11.3 Å². The summed E-state index contributed by atoms with van der Waals surface area (Å²) in [6, 6.07) is 5.67. The molecule has 7 heteroatoms. The molecule has 0 atom stereocenters. The largest absolute Gasteiger partial charge is 0.350 e. The number of carbonyl (C=O) groups is 1. The van der Waals surface area contributed by atoms with Crippen LogP contribution in [0.2, 0.25) is 0 Å². The number of nitrogens with one attached hydrogen (secondary N) is 1. The third-order valence-electron chi connectivity index (χ3n) is 2.86. The summed E-state index contributed by atoms with van der Waals surface area (Å²) in [5.74, 6) is -0.0238. The molecule has 3 aromatic rings. The maximum atomic E-state index is 11.8. The van der Waals surface area contributed by atoms with Crippen LogP contribution in [0.3, 0.4) is 0 Å². The van der Waals surface area contributed by atoms with Crippen LogP contribution in [-0.4, -0.2) is 25.9 Å². The zero-order chi connectivity index (χ0) is 14.5. The minimum absolute atomic E-state index is 0.0238. The van der Waals surface area contributed by atoms with E-state index in [1.807, 2.05) is 29.0 Å². The van der Waals surface area contributed by atoms with Crippen molar-refractivity contribution in [2.45, 2.75) is 13.0 Å². The summed E-state index contributed by atoms with van der Waals surface area (Å²) in [6.45, 7) is 0.364. The Kier molecular flexibility index (Phi) is 4.02. The van der Waals surface area contributed by atoms with Crippen molar-refractivity contribution in [2.75, 3.05) is 0 Å². The number of hydrogen-bond acceptors (Lipinski definition) is 5. The standard InChI is InChI=1S/C14H13N5OS/c20-14(6-11-3-5-21-10-11)16-7-12-9-19(18-17-12)13-2-1-4-15-8-13/h1-5,8-10H,6-7H2,(H,16,20). The summed E-state index contributed by atoms with van der Waals surface area (Å²) in [4.78, 5) is 15.8. The van der Waals surface area contributed by atoms with Gasteiger partial charge in [-0.2, -0.15) is 11.3 Å². The summed E-state index contributed by atoms with van der Waals surface area (Å²) >= 11 is 1.59. The van der Waals surface area contributed by atoms with Crippen LogP contribution in [0, 0.1) is 0 Å². The van der Waals surface area contributed by atoms with Crippen molar-refractivity contribution >= 4 is 17.2 Å². The number of rotatable bonds is 5. The van der Waals surface area contributed by atoms with Gasteiger partial charge >= 0.3 is 0 Å². The first-order chi connectivity index (χ1) is 10.3. The van der Waals surface area contributed by atoms with Gasteiger partial charge in [-0.15, -0.1) is 5.10 Å². The highest BCUT2D eigenvalue weighted by atomic mass is 32.1. The van der Waals surface area contributed by atoms with Gasteiger partial charge < -0.3 is 5.32 Å². The molecule has 0 aliphatic heterocycles. The molecule has 3 aromatic heterocycles. The topological polar surface area (TPSA) is 72.7 Å². The van der Waals surface area contributed by atoms with Crippen LogP contribution >= 0.6 is 11.3 Å². The molecular weight excluding hydrogens is 286 g/mol. The van der Waals surface area contributed by atoms with Crippen LogP contribution in [0.4, 0.5) is 0 Å². The molecule has 0 fully saturated rings. The molecule has 1 amide bonds. The molecule has 0 aliphatic rings. The van der Waals surface area contributed by atoms with E-state index in [2.05, 4.69) is 20.6 Å². The second-order valence-electron chi connectivity index (χ2n) is 4.45. The van der Waals surface area contributed by atoms with Crippen LogP contribution in [-0.2, 0) is 17.8 Å². The van der Waals surface area contributed by atoms with Crippen molar-refractivity contribution in [3.63, 3.8) is 0 Å². The van der Waals surface area contributed by atoms with Crippen LogP contribution in [0.25, 0.3) is 5.69 Å². The Labute approximate surface area is 125 Å². The number of thiophene rings is 1. The van der Waals surface area contributed by atoms with Crippen molar-refractivity contribution in [3.05, 3.63) is 58.8 Å². The lowest BCUT2D eigenvalue weighted by Gasteiger charge is -2.01. The highest BCUT2D eigenvalue weighted by Gasteiger charge is 2.06. The van der Waals surface area contributed by atoms with Gasteiger partial charge in [0.25, 0.3) is 0 Å². The highest BCUT2D eigenvalue weighted by molar-refractivity contribution is 7.07. The predicted octanol–water partition coefficient (Wildman–Crippen LogP) is 1.58. The normalized spacial score (nSPS) is 10.5. The zero-order valence-electron chi connectivity index (χ0n) is 11.1. The first-order valence-corrected chi connectivity index (χ1v) is 7.35. The second-order valence-corrected chi connectivity index (χ2v) is 5.23. The molecular formula is C14H13N5OS. The first-order valence-electron chi connectivity index (χ1n) is 6.40. The van der Waals surface area contributed by atoms with Crippen molar-refractivity contribution in [1.29, 1.82) is 0 Å². The number of hydrogen-bond donors (Lipinski definition) is 1. The van der Waals surface area contributed by atoms with Crippen molar-refractivity contribution in [2.24, 2.45) is 0 Å². The van der Waals surface area contributed by atoms with Gasteiger partial charge in [-0.25, -0.2) is 4.68 Å². The van der Waals surface area contributed by atoms with Crippen LogP contribution in [0.5, 0.6) is 0 Å². The molecule has 0 aromatic carbocycles. The van der Waals surface area contributed by atoms with E-state index in [-0.39, 0.29) is 5.91 Å². The lowest BCUT2D eigenvalue weighted by atomic mass is 10.2. The van der Waals surface area contributed by atoms with Gasteiger partial charge in [-0.3, -0.25) is 9.78 Å². The summed E-state index contributed by atoms with van der Waals surface area (Å²) in [5, 5.41) is 14.8. The number of aromatic nitrogens is 4. The molecule has 0 saturated heterocycles. The lowest BCUT2D eigenvalue weighted by molar-refractivity contribution is -0.120. The Bertz CT molecular complexity index is 708. The zero-order valence-corrected chi connectivity index (χ0v) is 12.0. The fourth-order valence-corrected chi connectivity index (χ4v) is 2.49. The molecule has 0 aliphatic carbocycles. The summed E-state index contributed by atoms with van der Waals surface area (Å²) in [7, 11) is 0. The van der Waals surface area contributed by atoms with Crippen molar-refractivity contribution < 1.29 is 4.79 Å². The Morgan fingerprint density at radius 2 is 2.33 bits per heavy atom. The second kappa shape index (κ2) is 6.27. The maximum Gasteiger partial charge on any atom is 0.224 e. The summed E-state index contributed by atoms with van der Waals surface area (Å²) < 4.78 is 1.63. The van der Waals surface area contributed by atoms with E-state index in [1.165, 1.54) is 0 Å². The molecule has 0 radical (unpaired) electrons. The Balaban J connectivity index is 1.56. The van der Waals surface area contributed by atoms with Gasteiger partial charge in [0.1, 0.15) is 5.69 Å². The minimum atomic E-state index is -0.0238. The molecule has 0 saturated carbocycles. The third kappa shape index (κ3) is 3.51. The van der Waals surface area contributed by atoms with E-state index in [9.17, 15) is 4.79 Å². The SMILES string of the molecule is O=C(Cc1ccsc1)NCc1cn(-c2cccnc2)nn1. The van der Waals surface area contributed by atoms with Gasteiger partial charge in [0.2, 0.25) is 5.91 Å². The monoisotopic (exact) mass is 299 g/mol. The number of nitrogens with zero attached hydrogens (tertiary/aromatic N) is 4. The summed E-state index contributed by atoms with van der Waals surface area (Å²) in [6.07, 6.45) is 5.57. The molecule has 1 N–H and O–H groups in total. The highest BCUT2D eigenvalue weighted by Crippen LogP contribution is 2.07. The fourth-order valence-electron chi connectivity index (χ4n) is 1.83. The Morgan fingerprint density at radius 3 is 3.10 bits per heavy atom. The van der Waals surface area contributed by atoms with Gasteiger partial charge in [-0.1, -0.05) is 5.21 Å². The number of carbonyl (C=O) groups excluding carboxylic acids is 1. The van der Waals surface area contributed by atoms with Crippen LogP contribution < -0.4 is 5.32 Å². The molecule has 3 heterocycles. The van der Waals surface area contributed by atoms with Gasteiger partial charge in [0.05, 0.1) is 31.0 Å². The molecule has 21 heavy (non-hydrogen) atoms. The molecule has 3 rings (SSSR count). The van der Waals surface area contributed by atoms with E-state index >= 15 is 0 Å². The molecule has 0 unspecified atom stereocenters. The van der Waals surface area contributed by atoms with E-state index < -0.39 is 0 Å². The number of pyridine rings is 1. The smallest absolute Gasteiger partial charge is 0.224 e. The molecule has 0 spiro atoms. The summed E-state index contributed by atoms with van der Waals surface area (Å²) in [5.41, 5.74) is 2.56. The third-order valence-corrected chi connectivity index (χ3v) is 3.59. The van der Waals surface area contributed by atoms with Crippen LogP contribution in [0.15, 0.2) is 47.5 Å². The van der Waals surface area contributed by atoms with E-state index in [0.29, 0.717) is 18.7 Å². The molecule has 6 nitrogen and oxygen atoms in total. The Morgan fingerprint density at radius 1 is 1.38 bits per heavy atom. The lowest BCUT2D eigenvalue weighted by Crippen LogP contribution is -2.24. The quantitative estimate of drug-likeness (QED) is 0.776. The van der Waals surface area contributed by atoms with Crippen molar-refractivity contribution in [1.82, 2.24) is 25.3 Å². The number of amides is 1. The Hall–Kier alpha value is -2.54. The van der Waals surface area contributed by atoms with Gasteiger partial charge in [-0.05, 0) is 34.5 Å². The van der Waals surface area contributed by atoms with E-state index in [0.717, 1.165) is 11.3 Å². The average Bonchev–Trinajstić information content (AvgIpc) is 3.17. The maximum absolute atomic E-state index is 11.8. The van der Waals surface area contributed by atoms with Gasteiger partial charge in [0.15, 0.2) is 0 Å². The molecule has 0 bridgehead atoms. The first kappa shape index (κ1) is 13.4.